The largest absolute Gasteiger partial charge is 0.489 e. The number of piperidine rings is 1. The molecule has 0 radical (unpaired) electrons. The van der Waals surface area contributed by atoms with Crippen LogP contribution in [-0.2, 0) is 27.4 Å². The van der Waals surface area contributed by atoms with Gasteiger partial charge in [-0.2, -0.15) is 5.10 Å². The Morgan fingerprint density at radius 2 is 1.91 bits per heavy atom. The van der Waals surface area contributed by atoms with Gasteiger partial charge in [-0.1, -0.05) is 0 Å². The van der Waals surface area contributed by atoms with Gasteiger partial charge in [0.2, 0.25) is 11.8 Å². The first-order valence-electron chi connectivity index (χ1n) is 15.0. The van der Waals surface area contributed by atoms with Gasteiger partial charge in [0.15, 0.2) is 0 Å². The Bertz CT molecular complexity index is 1570. The van der Waals surface area contributed by atoms with Crippen molar-refractivity contribution in [3.8, 4) is 11.4 Å². The fourth-order valence-corrected chi connectivity index (χ4v) is 6.69. The van der Waals surface area contributed by atoms with E-state index in [-0.39, 0.29) is 30.2 Å². The van der Waals surface area contributed by atoms with Crippen molar-refractivity contribution >= 4 is 17.7 Å². The molecule has 7 rings (SSSR count). The zero-order valence-corrected chi connectivity index (χ0v) is 23.8. The molecule has 1 unspecified atom stereocenters. The van der Waals surface area contributed by atoms with E-state index >= 15 is 0 Å². The summed E-state index contributed by atoms with van der Waals surface area (Å²) in [5, 5.41) is 6.86. The average Bonchev–Trinajstić information content (AvgIpc) is 3.73. The number of nitrogens with zero attached hydrogens (tertiary/aromatic N) is 4. The van der Waals surface area contributed by atoms with E-state index in [0.717, 1.165) is 54.7 Å². The van der Waals surface area contributed by atoms with Crippen LogP contribution in [-0.4, -0.2) is 75.8 Å². The highest BCUT2D eigenvalue weighted by Gasteiger charge is 2.39. The second-order valence-electron chi connectivity index (χ2n) is 11.9. The number of halogens is 1. The van der Waals surface area contributed by atoms with Crippen molar-refractivity contribution in [2.45, 2.75) is 63.3 Å². The van der Waals surface area contributed by atoms with Crippen LogP contribution < -0.4 is 10.1 Å². The smallest absolute Gasteiger partial charge is 0.255 e. The van der Waals surface area contributed by atoms with E-state index in [1.807, 2.05) is 30.6 Å². The van der Waals surface area contributed by atoms with E-state index in [4.69, 9.17) is 9.47 Å². The van der Waals surface area contributed by atoms with Crippen molar-refractivity contribution in [1.82, 2.24) is 24.9 Å². The van der Waals surface area contributed by atoms with Crippen molar-refractivity contribution < 1.29 is 28.2 Å². The maximum absolute atomic E-state index is 14.5. The van der Waals surface area contributed by atoms with Crippen molar-refractivity contribution in [3.05, 3.63) is 76.9 Å². The number of rotatable bonds is 7. The number of amides is 3. The van der Waals surface area contributed by atoms with Gasteiger partial charge in [-0.05, 0) is 79.1 Å². The number of fused-ring (bicyclic) bond motifs is 1. The molecular formula is C32H34FN5O5. The number of hydrogen-bond donors (Lipinski definition) is 1. The normalized spacial score (nSPS) is 23.1. The Morgan fingerprint density at radius 1 is 1.05 bits per heavy atom. The Balaban J connectivity index is 0.956. The van der Waals surface area contributed by atoms with E-state index in [1.54, 1.807) is 21.7 Å². The van der Waals surface area contributed by atoms with Crippen LogP contribution in [0.1, 0.15) is 65.1 Å². The minimum atomic E-state index is -0.635. The van der Waals surface area contributed by atoms with Crippen LogP contribution in [0.25, 0.3) is 5.69 Å². The number of aromatic nitrogens is 2. The Kier molecular flexibility index (Phi) is 7.44. The number of imide groups is 1. The number of nitrogens with one attached hydrogen (secondary N) is 1. The molecule has 0 spiro atoms. The quantitative estimate of drug-likeness (QED) is 0.423. The predicted molar refractivity (Wildman–Crippen MR) is 153 cm³/mol. The lowest BCUT2D eigenvalue weighted by molar-refractivity contribution is -0.136. The minimum absolute atomic E-state index is 0.00156. The summed E-state index contributed by atoms with van der Waals surface area (Å²) < 4.78 is 28.0. The van der Waals surface area contributed by atoms with Crippen molar-refractivity contribution in [2.24, 2.45) is 0 Å². The summed E-state index contributed by atoms with van der Waals surface area (Å²) in [7, 11) is 0. The van der Waals surface area contributed by atoms with E-state index in [9.17, 15) is 18.8 Å². The number of benzene rings is 2. The van der Waals surface area contributed by atoms with Crippen molar-refractivity contribution in [3.63, 3.8) is 0 Å². The van der Waals surface area contributed by atoms with Crippen LogP contribution in [0.15, 0.2) is 48.8 Å². The Morgan fingerprint density at radius 3 is 2.74 bits per heavy atom. The van der Waals surface area contributed by atoms with Crippen LogP contribution in [0.4, 0.5) is 4.39 Å². The molecular weight excluding hydrogens is 553 g/mol. The number of hydrogen-bond acceptors (Lipinski definition) is 7. The Hall–Kier alpha value is -4.09. The van der Waals surface area contributed by atoms with Gasteiger partial charge in [0.25, 0.3) is 5.91 Å². The zero-order valence-electron chi connectivity index (χ0n) is 23.8. The van der Waals surface area contributed by atoms with Gasteiger partial charge in [-0.15, -0.1) is 0 Å². The Labute approximate surface area is 248 Å². The van der Waals surface area contributed by atoms with Crippen LogP contribution in [0.3, 0.4) is 0 Å². The lowest BCUT2D eigenvalue weighted by Gasteiger charge is -2.29. The summed E-state index contributed by atoms with van der Waals surface area (Å²) in [6.07, 6.45) is 7.02. The molecule has 3 amide bonds. The topological polar surface area (TPSA) is 106 Å². The maximum Gasteiger partial charge on any atom is 0.255 e. The van der Waals surface area contributed by atoms with Gasteiger partial charge >= 0.3 is 0 Å². The van der Waals surface area contributed by atoms with Crippen molar-refractivity contribution in [1.29, 1.82) is 0 Å². The first-order chi connectivity index (χ1) is 20.9. The molecule has 1 aromatic heterocycles. The van der Waals surface area contributed by atoms with E-state index in [2.05, 4.69) is 15.3 Å². The molecule has 0 aliphatic carbocycles. The molecule has 5 heterocycles. The highest BCUT2D eigenvalue weighted by Crippen LogP contribution is 2.32. The maximum atomic E-state index is 14.5. The minimum Gasteiger partial charge on any atom is -0.489 e. The molecule has 2 aromatic carbocycles. The first-order valence-corrected chi connectivity index (χ1v) is 15.0. The standard InChI is InChI=1S/C32H34FN5O5/c33-24-11-22(21-6-9-42-10-7-21)12-25(14-24)38-17-20(15-34-38)16-36-8-5-27(19-36)43-26-1-2-28-23(13-26)18-37(32(28)41)29-3-4-30(39)35-31(29)40/h1-2,11-15,17,21,27,29H,3-10,16,18-19H2,(H,35,39,40)/t27-,29?/m0/s1. The number of likely N-dealkylation sites (tertiary alicyclic amines) is 1. The first kappa shape index (κ1) is 27.7. The molecule has 11 heteroatoms. The fraction of sp³-hybridized carbons (Fsp3) is 0.438. The number of carbonyl (C=O) groups excluding carboxylic acids is 3. The van der Waals surface area contributed by atoms with Gasteiger partial charge in [-0.3, -0.25) is 24.6 Å². The molecule has 43 heavy (non-hydrogen) atoms. The number of ether oxygens (including phenoxy) is 2. The van der Waals surface area contributed by atoms with E-state index in [1.165, 1.54) is 6.07 Å². The van der Waals surface area contributed by atoms with Gasteiger partial charge in [0, 0.05) is 63.1 Å². The van der Waals surface area contributed by atoms with E-state index in [0.29, 0.717) is 50.0 Å². The summed E-state index contributed by atoms with van der Waals surface area (Å²) in [5.41, 5.74) is 4.16. The van der Waals surface area contributed by atoms with Crippen LogP contribution >= 0.6 is 0 Å². The molecule has 10 nitrogen and oxygen atoms in total. The highest BCUT2D eigenvalue weighted by atomic mass is 19.1. The molecule has 0 saturated carbocycles. The second kappa shape index (κ2) is 11.5. The summed E-state index contributed by atoms with van der Waals surface area (Å²) in [6.45, 7) is 4.06. The molecule has 1 N–H and O–H groups in total. The lowest BCUT2D eigenvalue weighted by Crippen LogP contribution is -2.52. The summed E-state index contributed by atoms with van der Waals surface area (Å²) in [5.74, 6) is -0.164. The van der Waals surface area contributed by atoms with Crippen molar-refractivity contribution in [2.75, 3.05) is 26.3 Å². The summed E-state index contributed by atoms with van der Waals surface area (Å²) in [6, 6.07) is 10.0. The lowest BCUT2D eigenvalue weighted by atomic mass is 9.91. The summed E-state index contributed by atoms with van der Waals surface area (Å²) >= 11 is 0. The summed E-state index contributed by atoms with van der Waals surface area (Å²) in [4.78, 5) is 40.7. The predicted octanol–water partition coefficient (Wildman–Crippen LogP) is 3.32. The highest BCUT2D eigenvalue weighted by molar-refractivity contribution is 6.05. The molecule has 4 aliphatic heterocycles. The molecule has 2 atom stereocenters. The molecule has 3 saturated heterocycles. The average molecular weight is 588 g/mol. The van der Waals surface area contributed by atoms with Gasteiger partial charge < -0.3 is 14.4 Å². The second-order valence-corrected chi connectivity index (χ2v) is 11.9. The zero-order chi connectivity index (χ0) is 29.5. The van der Waals surface area contributed by atoms with E-state index < -0.39 is 11.9 Å². The molecule has 224 valence electrons. The third-order valence-electron chi connectivity index (χ3n) is 8.93. The molecule has 3 aromatic rings. The molecule has 0 bridgehead atoms. The third kappa shape index (κ3) is 5.79. The molecule has 3 fully saturated rings. The van der Waals surface area contributed by atoms with Gasteiger partial charge in [0.1, 0.15) is 23.7 Å². The van der Waals surface area contributed by atoms with Gasteiger partial charge in [-0.25, -0.2) is 9.07 Å². The van der Waals surface area contributed by atoms with Gasteiger partial charge in [0.05, 0.1) is 11.9 Å². The monoisotopic (exact) mass is 587 g/mol. The number of carbonyl (C=O) groups is 3. The third-order valence-corrected chi connectivity index (χ3v) is 8.93. The van der Waals surface area contributed by atoms with Crippen LogP contribution in [0, 0.1) is 5.82 Å². The SMILES string of the molecule is O=C1CCC(N2Cc3cc(O[C@H]4CCN(Cc5cnn(-c6cc(F)cc(C7CCOCC7)c6)c5)C4)ccc3C2=O)C(=O)N1. The van der Waals surface area contributed by atoms with Crippen LogP contribution in [0.5, 0.6) is 5.75 Å². The fourth-order valence-electron chi connectivity index (χ4n) is 6.69. The van der Waals surface area contributed by atoms with Crippen LogP contribution in [0.2, 0.25) is 0 Å². The molecule has 4 aliphatic rings.